The van der Waals surface area contributed by atoms with Gasteiger partial charge in [-0.05, 0) is 36.8 Å². The van der Waals surface area contributed by atoms with E-state index in [4.69, 9.17) is 4.74 Å². The van der Waals surface area contributed by atoms with Crippen LogP contribution in [0.15, 0.2) is 36.7 Å². The number of hydrogen-bond acceptors (Lipinski definition) is 5. The van der Waals surface area contributed by atoms with Crippen LogP contribution in [0.25, 0.3) is 5.69 Å². The van der Waals surface area contributed by atoms with E-state index < -0.39 is 0 Å². The van der Waals surface area contributed by atoms with Gasteiger partial charge in [0.25, 0.3) is 0 Å². The molecule has 0 spiro atoms. The summed E-state index contributed by atoms with van der Waals surface area (Å²) in [6.07, 6.45) is 3.28. The first-order valence-electron chi connectivity index (χ1n) is 9.20. The fraction of sp³-hybridized carbons (Fsp3) is 0.474. The van der Waals surface area contributed by atoms with Crippen molar-refractivity contribution in [3.05, 3.63) is 42.5 Å². The zero-order valence-corrected chi connectivity index (χ0v) is 15.2. The molecule has 3 atom stereocenters. The summed E-state index contributed by atoms with van der Waals surface area (Å²) in [6.45, 7) is 1.56. The zero-order chi connectivity index (χ0) is 18.8. The fourth-order valence-corrected chi connectivity index (χ4v) is 4.30. The van der Waals surface area contributed by atoms with Crippen molar-refractivity contribution < 1.29 is 14.3 Å². The second-order valence-corrected chi connectivity index (χ2v) is 7.21. The Bertz CT molecular complexity index is 822. The van der Waals surface area contributed by atoms with E-state index in [-0.39, 0.29) is 23.8 Å². The van der Waals surface area contributed by atoms with E-state index in [1.807, 2.05) is 35.2 Å². The largest absolute Gasteiger partial charge is 0.469 e. The molecular formula is C19H23N5O3. The number of nitrogens with zero attached hydrogens (tertiary/aromatic N) is 4. The molecule has 1 saturated carbocycles. The number of hydrogen-bond donors (Lipinski definition) is 1. The maximum Gasteiger partial charge on any atom is 0.317 e. The molecule has 1 aliphatic carbocycles. The number of methoxy groups -OCH3 is 1. The molecule has 4 rings (SSSR count). The smallest absolute Gasteiger partial charge is 0.317 e. The average molecular weight is 369 g/mol. The Morgan fingerprint density at radius 2 is 2.04 bits per heavy atom. The third-order valence-corrected chi connectivity index (χ3v) is 5.53. The first-order valence-corrected chi connectivity index (χ1v) is 9.20. The second kappa shape index (κ2) is 7.38. The third kappa shape index (κ3) is 3.51. The molecule has 2 fully saturated rings. The maximum atomic E-state index is 12.6. The second-order valence-electron chi connectivity index (χ2n) is 7.21. The van der Waals surface area contributed by atoms with E-state index in [1.54, 1.807) is 4.68 Å². The van der Waals surface area contributed by atoms with E-state index in [0.29, 0.717) is 31.4 Å². The lowest BCUT2D eigenvalue weighted by molar-refractivity contribution is -0.146. The minimum atomic E-state index is -0.152. The predicted octanol–water partition coefficient (Wildman–Crippen LogP) is 1.61. The highest BCUT2D eigenvalue weighted by atomic mass is 16.5. The van der Waals surface area contributed by atoms with Crippen LogP contribution in [0.5, 0.6) is 0 Å². The van der Waals surface area contributed by atoms with Crippen molar-refractivity contribution in [2.24, 2.45) is 17.8 Å². The van der Waals surface area contributed by atoms with Gasteiger partial charge in [-0.25, -0.2) is 14.5 Å². The van der Waals surface area contributed by atoms with Crippen LogP contribution in [0.2, 0.25) is 0 Å². The molecule has 1 N–H and O–H groups in total. The number of carbonyl (C=O) groups excluding carboxylic acids is 2. The molecule has 2 aliphatic rings. The number of carbonyl (C=O) groups is 2. The van der Waals surface area contributed by atoms with E-state index in [2.05, 4.69) is 15.4 Å². The summed E-state index contributed by atoms with van der Waals surface area (Å²) in [5.74, 6) is 0.989. The number of benzene rings is 1. The van der Waals surface area contributed by atoms with Crippen molar-refractivity contribution in [2.45, 2.75) is 19.4 Å². The number of piperidine rings is 1. The van der Waals surface area contributed by atoms with Gasteiger partial charge in [-0.15, -0.1) is 0 Å². The number of fused-ring (bicyclic) bond motifs is 2. The summed E-state index contributed by atoms with van der Waals surface area (Å²) in [4.78, 5) is 30.6. The number of rotatable bonds is 4. The van der Waals surface area contributed by atoms with Gasteiger partial charge in [0.05, 0.1) is 25.3 Å². The quantitative estimate of drug-likeness (QED) is 0.827. The van der Waals surface area contributed by atoms with Crippen LogP contribution < -0.4 is 5.32 Å². The molecule has 1 aromatic carbocycles. The Morgan fingerprint density at radius 3 is 2.81 bits per heavy atom. The molecule has 2 amide bonds. The monoisotopic (exact) mass is 369 g/mol. The molecule has 1 saturated heterocycles. The number of aromatic nitrogens is 3. The number of ether oxygens (including phenoxy) is 1. The Morgan fingerprint density at radius 1 is 1.22 bits per heavy atom. The Labute approximate surface area is 157 Å². The Balaban J connectivity index is 1.38. The first-order chi connectivity index (χ1) is 13.2. The molecule has 1 aliphatic heterocycles. The topological polar surface area (TPSA) is 89.3 Å². The summed E-state index contributed by atoms with van der Waals surface area (Å²) in [5, 5.41) is 7.18. The van der Waals surface area contributed by atoms with Gasteiger partial charge in [-0.3, -0.25) is 4.79 Å². The standard InChI is InChI=1S/C19H23N5O3/c1-27-18(25)16-8-13-7-14(16)11-23(10-13)19(26)20-9-17-21-12-22-24(17)15-5-3-2-4-6-15/h2-6,12-14,16H,7-11H2,1H3,(H,20,26). The number of para-hydroxylation sites is 1. The predicted molar refractivity (Wildman–Crippen MR) is 96.9 cm³/mol. The number of likely N-dealkylation sites (tertiary alicyclic amines) is 1. The van der Waals surface area contributed by atoms with Gasteiger partial charge in [0.2, 0.25) is 0 Å². The van der Waals surface area contributed by atoms with Gasteiger partial charge in [0, 0.05) is 13.1 Å². The van der Waals surface area contributed by atoms with Gasteiger partial charge in [0.15, 0.2) is 5.82 Å². The van der Waals surface area contributed by atoms with Crippen LogP contribution in [0.4, 0.5) is 4.79 Å². The Hall–Kier alpha value is -2.90. The fourth-order valence-electron chi connectivity index (χ4n) is 4.30. The van der Waals surface area contributed by atoms with Crippen molar-refractivity contribution in [3.8, 4) is 5.69 Å². The summed E-state index contributed by atoms with van der Waals surface area (Å²) in [6, 6.07) is 9.55. The molecule has 142 valence electrons. The van der Waals surface area contributed by atoms with Gasteiger partial charge in [0.1, 0.15) is 6.33 Å². The van der Waals surface area contributed by atoms with Crippen LogP contribution in [0.3, 0.4) is 0 Å². The van der Waals surface area contributed by atoms with E-state index in [9.17, 15) is 9.59 Å². The molecule has 2 heterocycles. The normalized spacial score (nSPS) is 23.9. The lowest BCUT2D eigenvalue weighted by Gasteiger charge is -2.32. The SMILES string of the molecule is COC(=O)C1CC2CC1CN(C(=O)NCc1ncnn1-c1ccccc1)C2. The van der Waals surface area contributed by atoms with Crippen LogP contribution in [-0.4, -0.2) is 51.9 Å². The molecule has 3 unspecified atom stereocenters. The van der Waals surface area contributed by atoms with Gasteiger partial charge >= 0.3 is 12.0 Å². The molecule has 8 nitrogen and oxygen atoms in total. The van der Waals surface area contributed by atoms with Gasteiger partial charge in [-0.1, -0.05) is 18.2 Å². The van der Waals surface area contributed by atoms with E-state index in [0.717, 1.165) is 18.5 Å². The minimum absolute atomic E-state index is 0.0843. The lowest BCUT2D eigenvalue weighted by Crippen LogP contribution is -2.46. The highest BCUT2D eigenvalue weighted by molar-refractivity contribution is 5.76. The highest BCUT2D eigenvalue weighted by Crippen LogP contribution is 2.41. The van der Waals surface area contributed by atoms with Crippen molar-refractivity contribution in [3.63, 3.8) is 0 Å². The third-order valence-electron chi connectivity index (χ3n) is 5.53. The minimum Gasteiger partial charge on any atom is -0.469 e. The molecule has 2 aromatic rings. The Kier molecular flexibility index (Phi) is 4.79. The lowest BCUT2D eigenvalue weighted by atomic mass is 9.94. The summed E-state index contributed by atoms with van der Waals surface area (Å²) in [7, 11) is 1.43. The molecule has 0 radical (unpaired) electrons. The van der Waals surface area contributed by atoms with E-state index >= 15 is 0 Å². The summed E-state index contributed by atoms with van der Waals surface area (Å²) < 4.78 is 6.63. The number of nitrogens with one attached hydrogen (secondary N) is 1. The van der Waals surface area contributed by atoms with Crippen molar-refractivity contribution in [2.75, 3.05) is 20.2 Å². The van der Waals surface area contributed by atoms with Crippen LogP contribution in [-0.2, 0) is 16.1 Å². The van der Waals surface area contributed by atoms with Gasteiger partial charge in [-0.2, -0.15) is 5.10 Å². The summed E-state index contributed by atoms with van der Waals surface area (Å²) >= 11 is 0. The van der Waals surface area contributed by atoms with Crippen LogP contribution >= 0.6 is 0 Å². The highest BCUT2D eigenvalue weighted by Gasteiger charge is 2.45. The molecule has 1 aromatic heterocycles. The molecule has 27 heavy (non-hydrogen) atoms. The maximum absolute atomic E-state index is 12.6. The van der Waals surface area contributed by atoms with Crippen molar-refractivity contribution in [1.29, 1.82) is 0 Å². The van der Waals surface area contributed by atoms with Crippen LogP contribution in [0.1, 0.15) is 18.7 Å². The van der Waals surface area contributed by atoms with E-state index in [1.165, 1.54) is 13.4 Å². The number of amides is 2. The van der Waals surface area contributed by atoms with Crippen LogP contribution in [0, 0.1) is 17.8 Å². The number of urea groups is 1. The average Bonchev–Trinajstić information content (AvgIpc) is 3.29. The number of esters is 1. The first kappa shape index (κ1) is 17.5. The molecular weight excluding hydrogens is 346 g/mol. The molecule has 8 heteroatoms. The summed E-state index contributed by atoms with van der Waals surface area (Å²) in [5.41, 5.74) is 0.899. The zero-order valence-electron chi connectivity index (χ0n) is 15.2. The molecule has 2 bridgehead atoms. The van der Waals surface area contributed by atoms with Crippen molar-refractivity contribution >= 4 is 12.0 Å². The van der Waals surface area contributed by atoms with Crippen molar-refractivity contribution in [1.82, 2.24) is 25.0 Å². The van der Waals surface area contributed by atoms with Gasteiger partial charge < -0.3 is 15.0 Å².